The van der Waals surface area contributed by atoms with Crippen LogP contribution < -0.4 is 10.2 Å². The zero-order valence-corrected chi connectivity index (χ0v) is 12.8. The summed E-state index contributed by atoms with van der Waals surface area (Å²) in [6.45, 7) is 3.23. The first kappa shape index (κ1) is 15.4. The van der Waals surface area contributed by atoms with Gasteiger partial charge in [0.1, 0.15) is 11.6 Å². The number of halogens is 3. The first-order valence-electron chi connectivity index (χ1n) is 6.74. The molecule has 0 bridgehead atoms. The summed E-state index contributed by atoms with van der Waals surface area (Å²) >= 11 is 3.03. The fourth-order valence-corrected chi connectivity index (χ4v) is 2.67. The number of carbonyl (C=O) groups is 1. The number of carbonyl (C=O) groups excluding carboxylic acids is 1. The van der Waals surface area contributed by atoms with E-state index in [4.69, 9.17) is 0 Å². The van der Waals surface area contributed by atoms with Gasteiger partial charge < -0.3 is 10.2 Å². The first-order valence-corrected chi connectivity index (χ1v) is 7.53. The summed E-state index contributed by atoms with van der Waals surface area (Å²) in [5.74, 6) is -1.53. The van der Waals surface area contributed by atoms with Crippen LogP contribution in [0.4, 0.5) is 14.5 Å². The summed E-state index contributed by atoms with van der Waals surface area (Å²) in [5, 5.41) is 3.17. The summed E-state index contributed by atoms with van der Waals surface area (Å²) in [7, 11) is 0. The van der Waals surface area contributed by atoms with E-state index in [1.54, 1.807) is 0 Å². The van der Waals surface area contributed by atoms with Crippen molar-refractivity contribution in [3.8, 4) is 0 Å². The van der Waals surface area contributed by atoms with Crippen LogP contribution in [0.5, 0.6) is 0 Å². The maximum absolute atomic E-state index is 13.9. The number of piperidine rings is 1. The molecule has 0 aliphatic carbocycles. The Kier molecular flexibility index (Phi) is 5.10. The van der Waals surface area contributed by atoms with E-state index in [0.717, 1.165) is 31.9 Å². The first-order chi connectivity index (χ1) is 9.54. The van der Waals surface area contributed by atoms with Gasteiger partial charge in [0.05, 0.1) is 16.2 Å². The predicted octanol–water partition coefficient (Wildman–Crippen LogP) is 3.22. The van der Waals surface area contributed by atoms with Crippen LogP contribution >= 0.6 is 15.9 Å². The molecule has 1 aliphatic heterocycles. The molecule has 3 nitrogen and oxygen atoms in total. The second kappa shape index (κ2) is 6.63. The van der Waals surface area contributed by atoms with Gasteiger partial charge in [-0.05, 0) is 47.8 Å². The van der Waals surface area contributed by atoms with Crippen molar-refractivity contribution in [1.29, 1.82) is 0 Å². The van der Waals surface area contributed by atoms with Crippen molar-refractivity contribution in [3.63, 3.8) is 0 Å². The van der Waals surface area contributed by atoms with Gasteiger partial charge in [-0.3, -0.25) is 4.79 Å². The van der Waals surface area contributed by atoms with Gasteiger partial charge in [-0.15, -0.1) is 0 Å². The lowest BCUT2D eigenvalue weighted by Gasteiger charge is -2.33. The van der Waals surface area contributed by atoms with Crippen LogP contribution in [0.15, 0.2) is 16.6 Å². The van der Waals surface area contributed by atoms with Crippen LogP contribution in [0.25, 0.3) is 0 Å². The van der Waals surface area contributed by atoms with Crippen molar-refractivity contribution >= 4 is 27.5 Å². The second-order valence-electron chi connectivity index (χ2n) is 4.86. The highest BCUT2D eigenvalue weighted by atomic mass is 79.9. The van der Waals surface area contributed by atoms with Crippen molar-refractivity contribution in [2.75, 3.05) is 18.0 Å². The van der Waals surface area contributed by atoms with Crippen LogP contribution in [0, 0.1) is 11.6 Å². The molecule has 1 aromatic rings. The molecule has 1 aromatic carbocycles. The van der Waals surface area contributed by atoms with Gasteiger partial charge >= 0.3 is 0 Å². The van der Waals surface area contributed by atoms with Gasteiger partial charge in [0.15, 0.2) is 0 Å². The second-order valence-corrected chi connectivity index (χ2v) is 5.71. The lowest BCUT2D eigenvalue weighted by Crippen LogP contribution is -2.51. The fraction of sp³-hybridized carbons (Fsp3) is 0.500. The fourth-order valence-electron chi connectivity index (χ4n) is 2.34. The average Bonchev–Trinajstić information content (AvgIpc) is 2.42. The van der Waals surface area contributed by atoms with E-state index in [1.165, 1.54) is 11.0 Å². The summed E-state index contributed by atoms with van der Waals surface area (Å²) < 4.78 is 27.3. The molecule has 0 saturated carbocycles. The van der Waals surface area contributed by atoms with Crippen LogP contribution in [0.2, 0.25) is 0 Å². The Morgan fingerprint density at radius 1 is 1.40 bits per heavy atom. The molecule has 1 aliphatic rings. The van der Waals surface area contributed by atoms with E-state index in [-0.39, 0.29) is 22.1 Å². The number of hydrogen-bond acceptors (Lipinski definition) is 2. The van der Waals surface area contributed by atoms with Gasteiger partial charge in [-0.2, -0.15) is 0 Å². The summed E-state index contributed by atoms with van der Waals surface area (Å²) in [5.41, 5.74) is 0.131. The average molecular weight is 347 g/mol. The standard InChI is InChI=1S/C14H17BrF2N2O/c1-2-5-18-12-4-3-6-19(14(12)20)13-7-9(15)10(16)8-11(13)17/h7-8,12,18H,2-6H2,1H3. The topological polar surface area (TPSA) is 32.3 Å². The van der Waals surface area contributed by atoms with Gasteiger partial charge in [-0.25, -0.2) is 8.78 Å². The van der Waals surface area contributed by atoms with Gasteiger partial charge in [0, 0.05) is 12.6 Å². The van der Waals surface area contributed by atoms with E-state index >= 15 is 0 Å². The van der Waals surface area contributed by atoms with Crippen molar-refractivity contribution < 1.29 is 13.6 Å². The molecule has 6 heteroatoms. The third-order valence-corrected chi connectivity index (χ3v) is 3.97. The minimum absolute atomic E-state index is 0.131. The van der Waals surface area contributed by atoms with Crippen molar-refractivity contribution in [1.82, 2.24) is 5.32 Å². The molecule has 1 saturated heterocycles. The molecule has 1 heterocycles. The molecule has 1 fully saturated rings. The van der Waals surface area contributed by atoms with E-state index in [9.17, 15) is 13.6 Å². The summed E-state index contributed by atoms with van der Waals surface area (Å²) in [6.07, 6.45) is 2.47. The van der Waals surface area contributed by atoms with Crippen molar-refractivity contribution in [3.05, 3.63) is 28.2 Å². The molecule has 0 radical (unpaired) electrons. The Balaban J connectivity index is 2.23. The molecule has 0 aromatic heterocycles. The lowest BCUT2D eigenvalue weighted by atomic mass is 10.0. The number of benzene rings is 1. The molecule has 1 amide bonds. The smallest absolute Gasteiger partial charge is 0.244 e. The summed E-state index contributed by atoms with van der Waals surface area (Å²) in [4.78, 5) is 13.8. The highest BCUT2D eigenvalue weighted by molar-refractivity contribution is 9.10. The number of nitrogens with zero attached hydrogens (tertiary/aromatic N) is 1. The Morgan fingerprint density at radius 3 is 2.85 bits per heavy atom. The van der Waals surface area contributed by atoms with Gasteiger partial charge in [0.2, 0.25) is 5.91 Å². The number of nitrogens with one attached hydrogen (secondary N) is 1. The minimum Gasteiger partial charge on any atom is -0.308 e. The Labute approximate surface area is 125 Å². The third-order valence-electron chi connectivity index (χ3n) is 3.36. The van der Waals surface area contributed by atoms with Crippen LogP contribution in [0.3, 0.4) is 0 Å². The molecule has 1 atom stereocenters. The van der Waals surface area contributed by atoms with Crippen molar-refractivity contribution in [2.24, 2.45) is 0 Å². The van der Waals surface area contributed by atoms with E-state index < -0.39 is 11.6 Å². The van der Waals surface area contributed by atoms with Gasteiger partial charge in [0.25, 0.3) is 0 Å². The Morgan fingerprint density at radius 2 is 2.15 bits per heavy atom. The molecular formula is C14H17BrF2N2O. The third kappa shape index (κ3) is 3.17. The monoisotopic (exact) mass is 346 g/mol. The highest BCUT2D eigenvalue weighted by Gasteiger charge is 2.30. The maximum Gasteiger partial charge on any atom is 0.244 e. The minimum atomic E-state index is -0.713. The van der Waals surface area contributed by atoms with Crippen molar-refractivity contribution in [2.45, 2.75) is 32.2 Å². The molecule has 2 rings (SSSR count). The summed E-state index contributed by atoms with van der Waals surface area (Å²) in [6, 6.07) is 1.84. The number of anilines is 1. The zero-order chi connectivity index (χ0) is 14.7. The van der Waals surface area contributed by atoms with Crippen LogP contribution in [0.1, 0.15) is 26.2 Å². The maximum atomic E-state index is 13.9. The molecular weight excluding hydrogens is 330 g/mol. The van der Waals surface area contributed by atoms with E-state index in [1.807, 2.05) is 6.92 Å². The molecule has 110 valence electrons. The quantitative estimate of drug-likeness (QED) is 0.849. The SMILES string of the molecule is CCCNC1CCCN(c2cc(Br)c(F)cc2F)C1=O. The Hall–Kier alpha value is -1.01. The van der Waals surface area contributed by atoms with Gasteiger partial charge in [-0.1, -0.05) is 6.92 Å². The number of rotatable bonds is 4. The predicted molar refractivity (Wildman–Crippen MR) is 77.7 cm³/mol. The lowest BCUT2D eigenvalue weighted by molar-refractivity contribution is -0.121. The normalized spacial score (nSPS) is 19.5. The largest absolute Gasteiger partial charge is 0.308 e. The van der Waals surface area contributed by atoms with E-state index in [0.29, 0.717) is 6.54 Å². The van der Waals surface area contributed by atoms with Crippen LogP contribution in [-0.4, -0.2) is 25.0 Å². The number of hydrogen-bond donors (Lipinski definition) is 1. The zero-order valence-electron chi connectivity index (χ0n) is 11.3. The van der Waals surface area contributed by atoms with Crippen LogP contribution in [-0.2, 0) is 4.79 Å². The molecule has 1 N–H and O–H groups in total. The molecule has 0 spiro atoms. The van der Waals surface area contributed by atoms with E-state index in [2.05, 4.69) is 21.2 Å². The number of amides is 1. The molecule has 1 unspecified atom stereocenters. The highest BCUT2D eigenvalue weighted by Crippen LogP contribution is 2.29. The Bertz CT molecular complexity index is 510. The molecule has 20 heavy (non-hydrogen) atoms.